The van der Waals surface area contributed by atoms with Gasteiger partial charge in [0.1, 0.15) is 11.6 Å². The lowest BCUT2D eigenvalue weighted by Gasteiger charge is -2.25. The first kappa shape index (κ1) is 30.1. The summed E-state index contributed by atoms with van der Waals surface area (Å²) < 4.78 is 0. The number of nitrogens with zero attached hydrogens (tertiary/aromatic N) is 6. The van der Waals surface area contributed by atoms with Crippen LogP contribution in [-0.2, 0) is 13.1 Å². The van der Waals surface area contributed by atoms with Crippen LogP contribution in [0.25, 0.3) is 0 Å². The van der Waals surface area contributed by atoms with Gasteiger partial charge >= 0.3 is 0 Å². The molecule has 0 saturated carbocycles. The predicted molar refractivity (Wildman–Crippen MR) is 166 cm³/mol. The van der Waals surface area contributed by atoms with Gasteiger partial charge in [0, 0.05) is 56.7 Å². The Bertz CT molecular complexity index is 1170. The molecule has 0 bridgehead atoms. The molecule has 4 rings (SSSR count). The van der Waals surface area contributed by atoms with Crippen LogP contribution in [0.15, 0.2) is 103 Å². The standard InChI is InChI=1S/C16H20ClN3.C16H21N3/c1-19(2)11-12-20(16-5-3-4-10-18-16)13-14-6-8-15(17)9-7-14;1-18(2)12-13-19(16-10-6-7-11-17-16)14-15-8-4-3-5-9-15/h3-10H,11-13H2,1-2H3;3-11H,12-14H2,1-2H3. The molecule has 7 heteroatoms. The molecule has 0 radical (unpaired) electrons. The van der Waals surface area contributed by atoms with Gasteiger partial charge in [-0.1, -0.05) is 66.2 Å². The fraction of sp³-hybridized carbons (Fsp3) is 0.312. The lowest BCUT2D eigenvalue weighted by molar-refractivity contribution is 0.412. The van der Waals surface area contributed by atoms with Crippen molar-refractivity contribution < 1.29 is 0 Å². The van der Waals surface area contributed by atoms with Crippen molar-refractivity contribution >= 4 is 23.2 Å². The highest BCUT2D eigenvalue weighted by Gasteiger charge is 2.10. The number of halogens is 1. The molecular formula is C32H41ClN6. The van der Waals surface area contributed by atoms with E-state index in [1.54, 1.807) is 0 Å². The summed E-state index contributed by atoms with van der Waals surface area (Å²) in [6.45, 7) is 5.65. The van der Waals surface area contributed by atoms with Crippen molar-refractivity contribution in [3.63, 3.8) is 0 Å². The van der Waals surface area contributed by atoms with E-state index in [0.29, 0.717) is 0 Å². The van der Waals surface area contributed by atoms with Crippen LogP contribution in [-0.4, -0.2) is 74.1 Å². The SMILES string of the molecule is CN(C)CCN(Cc1ccc(Cl)cc1)c1ccccn1.CN(C)CCN(Cc1ccccc1)c1ccccn1. The van der Waals surface area contributed by atoms with Crippen LogP contribution in [0.3, 0.4) is 0 Å². The highest BCUT2D eigenvalue weighted by Crippen LogP contribution is 2.16. The Morgan fingerprint density at radius 3 is 1.36 bits per heavy atom. The molecule has 0 aliphatic heterocycles. The Labute approximate surface area is 239 Å². The normalized spacial score (nSPS) is 10.7. The summed E-state index contributed by atoms with van der Waals surface area (Å²) in [7, 11) is 8.36. The van der Waals surface area contributed by atoms with E-state index in [4.69, 9.17) is 11.6 Å². The number of pyridine rings is 2. The van der Waals surface area contributed by atoms with Crippen LogP contribution in [0.4, 0.5) is 11.6 Å². The van der Waals surface area contributed by atoms with Crippen LogP contribution in [0.1, 0.15) is 11.1 Å². The van der Waals surface area contributed by atoms with Crippen LogP contribution >= 0.6 is 11.6 Å². The first-order valence-electron chi connectivity index (χ1n) is 13.3. The van der Waals surface area contributed by atoms with E-state index in [9.17, 15) is 0 Å². The fourth-order valence-electron chi connectivity index (χ4n) is 3.89. The van der Waals surface area contributed by atoms with E-state index in [1.165, 1.54) is 11.1 Å². The van der Waals surface area contributed by atoms with Gasteiger partial charge in [0.2, 0.25) is 0 Å². The summed E-state index contributed by atoms with van der Waals surface area (Å²) in [5.74, 6) is 2.04. The first-order chi connectivity index (χ1) is 18.9. The van der Waals surface area contributed by atoms with Gasteiger partial charge in [0.25, 0.3) is 0 Å². The molecular weight excluding hydrogens is 504 g/mol. The minimum absolute atomic E-state index is 0.770. The Morgan fingerprint density at radius 1 is 0.513 bits per heavy atom. The molecule has 0 aliphatic rings. The zero-order valence-corrected chi connectivity index (χ0v) is 24.4. The maximum atomic E-state index is 5.94. The van der Waals surface area contributed by atoms with Crippen molar-refractivity contribution in [3.05, 3.63) is 120 Å². The van der Waals surface area contributed by atoms with Crippen molar-refractivity contribution in [2.75, 3.05) is 64.2 Å². The van der Waals surface area contributed by atoms with Crippen molar-refractivity contribution in [2.45, 2.75) is 13.1 Å². The molecule has 0 amide bonds. The highest BCUT2D eigenvalue weighted by molar-refractivity contribution is 6.30. The van der Waals surface area contributed by atoms with E-state index in [2.05, 4.69) is 106 Å². The minimum Gasteiger partial charge on any atom is -0.351 e. The van der Waals surface area contributed by atoms with Gasteiger partial charge < -0.3 is 19.6 Å². The third-order valence-electron chi connectivity index (χ3n) is 6.08. The average Bonchev–Trinajstić information content (AvgIpc) is 2.96. The van der Waals surface area contributed by atoms with Crippen molar-refractivity contribution in [3.8, 4) is 0 Å². The van der Waals surface area contributed by atoms with E-state index in [0.717, 1.165) is 55.9 Å². The zero-order valence-electron chi connectivity index (χ0n) is 23.6. The number of hydrogen-bond acceptors (Lipinski definition) is 6. The van der Waals surface area contributed by atoms with Gasteiger partial charge in [-0.05, 0) is 75.7 Å². The van der Waals surface area contributed by atoms with E-state index < -0.39 is 0 Å². The largest absolute Gasteiger partial charge is 0.351 e. The molecule has 6 nitrogen and oxygen atoms in total. The van der Waals surface area contributed by atoms with Gasteiger partial charge in [-0.3, -0.25) is 0 Å². The monoisotopic (exact) mass is 544 g/mol. The predicted octanol–water partition coefficient (Wildman–Crippen LogP) is 5.95. The van der Waals surface area contributed by atoms with Gasteiger partial charge in [0.05, 0.1) is 0 Å². The summed E-state index contributed by atoms with van der Waals surface area (Å²) in [6.07, 6.45) is 3.68. The molecule has 0 saturated heterocycles. The van der Waals surface area contributed by atoms with Crippen molar-refractivity contribution in [2.24, 2.45) is 0 Å². The topological polar surface area (TPSA) is 38.7 Å². The van der Waals surface area contributed by atoms with E-state index in [1.807, 2.05) is 54.9 Å². The van der Waals surface area contributed by atoms with Gasteiger partial charge in [0.15, 0.2) is 0 Å². The number of aromatic nitrogens is 2. The third-order valence-corrected chi connectivity index (χ3v) is 6.34. The van der Waals surface area contributed by atoms with Crippen molar-refractivity contribution in [1.82, 2.24) is 19.8 Å². The van der Waals surface area contributed by atoms with Crippen LogP contribution in [0.2, 0.25) is 5.02 Å². The molecule has 39 heavy (non-hydrogen) atoms. The minimum atomic E-state index is 0.770. The molecule has 0 atom stereocenters. The molecule has 0 unspecified atom stereocenters. The second-order valence-corrected chi connectivity index (χ2v) is 10.4. The second kappa shape index (κ2) is 16.5. The zero-order chi connectivity index (χ0) is 27.9. The molecule has 2 aromatic carbocycles. The summed E-state index contributed by atoms with van der Waals surface area (Å²) >= 11 is 5.94. The summed E-state index contributed by atoms with van der Waals surface area (Å²) in [5.41, 5.74) is 2.55. The van der Waals surface area contributed by atoms with E-state index >= 15 is 0 Å². The Hall–Kier alpha value is -3.45. The van der Waals surface area contributed by atoms with Gasteiger partial charge in [-0.15, -0.1) is 0 Å². The molecule has 2 aromatic heterocycles. The van der Waals surface area contributed by atoms with Crippen LogP contribution < -0.4 is 9.80 Å². The van der Waals surface area contributed by atoms with Crippen LogP contribution in [0, 0.1) is 0 Å². The Kier molecular flexibility index (Phi) is 12.7. The lowest BCUT2D eigenvalue weighted by atomic mass is 10.2. The summed E-state index contributed by atoms with van der Waals surface area (Å²) in [4.78, 5) is 17.9. The maximum Gasteiger partial charge on any atom is 0.128 e. The maximum absolute atomic E-state index is 5.94. The van der Waals surface area contributed by atoms with Crippen molar-refractivity contribution in [1.29, 1.82) is 0 Å². The smallest absolute Gasteiger partial charge is 0.128 e. The quantitative estimate of drug-likeness (QED) is 0.219. The summed E-state index contributed by atoms with van der Waals surface area (Å²) in [6, 6.07) is 30.6. The number of rotatable bonds is 12. The van der Waals surface area contributed by atoms with Crippen LogP contribution in [0.5, 0.6) is 0 Å². The lowest BCUT2D eigenvalue weighted by Crippen LogP contribution is -2.31. The van der Waals surface area contributed by atoms with E-state index in [-0.39, 0.29) is 0 Å². The summed E-state index contributed by atoms with van der Waals surface area (Å²) in [5, 5.41) is 0.770. The van der Waals surface area contributed by atoms with Gasteiger partial charge in [-0.2, -0.15) is 0 Å². The molecule has 0 spiro atoms. The Balaban J connectivity index is 0.000000216. The third kappa shape index (κ3) is 11.4. The Morgan fingerprint density at radius 2 is 0.949 bits per heavy atom. The molecule has 0 aliphatic carbocycles. The molecule has 2 heterocycles. The first-order valence-corrected chi connectivity index (χ1v) is 13.7. The molecule has 4 aromatic rings. The fourth-order valence-corrected chi connectivity index (χ4v) is 4.01. The molecule has 0 N–H and O–H groups in total. The van der Waals surface area contributed by atoms with Gasteiger partial charge in [-0.25, -0.2) is 9.97 Å². The number of benzene rings is 2. The highest BCUT2D eigenvalue weighted by atomic mass is 35.5. The number of hydrogen-bond donors (Lipinski definition) is 0. The molecule has 0 fully saturated rings. The average molecular weight is 545 g/mol. The number of anilines is 2. The number of likely N-dealkylation sites (N-methyl/N-ethyl adjacent to an activating group) is 2. The molecule has 206 valence electrons. The second-order valence-electron chi connectivity index (χ2n) is 9.94.